The van der Waals surface area contributed by atoms with Gasteiger partial charge >= 0.3 is 0 Å². The number of hydrogen-bond acceptors (Lipinski definition) is 4. The van der Waals surface area contributed by atoms with E-state index in [0.717, 1.165) is 29.9 Å². The summed E-state index contributed by atoms with van der Waals surface area (Å²) < 4.78 is 31.0. The van der Waals surface area contributed by atoms with Gasteiger partial charge in [0, 0.05) is 19.5 Å². The molecule has 0 amide bonds. The van der Waals surface area contributed by atoms with Crippen molar-refractivity contribution in [2.75, 3.05) is 20.1 Å². The first-order valence-corrected chi connectivity index (χ1v) is 10.2. The Morgan fingerprint density at radius 1 is 1.15 bits per heavy atom. The Bertz CT molecular complexity index is 802. The molecule has 0 atom stereocenters. The van der Waals surface area contributed by atoms with E-state index in [0.29, 0.717) is 19.0 Å². The molecule has 26 heavy (non-hydrogen) atoms. The van der Waals surface area contributed by atoms with Crippen molar-refractivity contribution in [3.8, 4) is 0 Å². The highest BCUT2D eigenvalue weighted by Gasteiger charge is 2.08. The zero-order chi connectivity index (χ0) is 18.8. The summed E-state index contributed by atoms with van der Waals surface area (Å²) in [5, 5.41) is 6.46. The van der Waals surface area contributed by atoms with Crippen molar-refractivity contribution >= 4 is 16.0 Å². The summed E-state index contributed by atoms with van der Waals surface area (Å²) in [6.07, 6.45) is 2.44. The van der Waals surface area contributed by atoms with Crippen molar-refractivity contribution in [1.82, 2.24) is 15.4 Å². The lowest BCUT2D eigenvalue weighted by Gasteiger charge is -2.11. The van der Waals surface area contributed by atoms with Gasteiger partial charge in [0.05, 0.1) is 18.6 Å². The molecule has 2 aromatic rings. The van der Waals surface area contributed by atoms with E-state index < -0.39 is 10.0 Å². The molecule has 0 aliphatic rings. The predicted octanol–water partition coefficient (Wildman–Crippen LogP) is 1.63. The maximum absolute atomic E-state index is 11.7. The lowest BCUT2D eigenvalue weighted by molar-refractivity contribution is 0.507. The van der Waals surface area contributed by atoms with Crippen LogP contribution in [0.4, 0.5) is 0 Å². The van der Waals surface area contributed by atoms with Crippen molar-refractivity contribution in [3.05, 3.63) is 59.5 Å². The smallest absolute Gasteiger partial charge is 0.215 e. The Morgan fingerprint density at radius 2 is 1.96 bits per heavy atom. The molecular formula is C18H26N4O3S. The Hall–Kier alpha value is -2.32. The number of aliphatic imine (C=N–C) groups is 1. The molecule has 3 N–H and O–H groups in total. The molecule has 0 unspecified atom stereocenters. The highest BCUT2D eigenvalue weighted by molar-refractivity contribution is 7.88. The normalized spacial score (nSPS) is 12.2. The molecule has 0 spiro atoms. The molecule has 8 heteroatoms. The summed E-state index contributed by atoms with van der Waals surface area (Å²) in [4.78, 5) is 4.56. The van der Waals surface area contributed by atoms with Crippen molar-refractivity contribution in [2.24, 2.45) is 4.99 Å². The van der Waals surface area contributed by atoms with Crippen LogP contribution >= 0.6 is 0 Å². The summed E-state index contributed by atoms with van der Waals surface area (Å²) in [5.74, 6) is 1.60. The van der Waals surface area contributed by atoms with Gasteiger partial charge in [-0.15, -0.1) is 0 Å². The van der Waals surface area contributed by atoms with Gasteiger partial charge in [-0.05, 0) is 37.2 Å². The van der Waals surface area contributed by atoms with E-state index >= 15 is 0 Å². The van der Waals surface area contributed by atoms with Gasteiger partial charge in [0.25, 0.3) is 0 Å². The third-order valence-electron chi connectivity index (χ3n) is 3.67. The van der Waals surface area contributed by atoms with Gasteiger partial charge in [-0.25, -0.2) is 18.1 Å². The van der Waals surface area contributed by atoms with Gasteiger partial charge in [-0.1, -0.05) is 24.3 Å². The molecule has 0 fully saturated rings. The quantitative estimate of drug-likeness (QED) is 0.455. The largest absolute Gasteiger partial charge is 0.469 e. The fraction of sp³-hybridized carbons (Fsp3) is 0.389. The van der Waals surface area contributed by atoms with Crippen LogP contribution < -0.4 is 15.4 Å². The van der Waals surface area contributed by atoms with Crippen LogP contribution in [-0.4, -0.2) is 34.5 Å². The van der Waals surface area contributed by atoms with E-state index in [1.807, 2.05) is 37.3 Å². The Morgan fingerprint density at radius 3 is 2.65 bits per heavy atom. The minimum atomic E-state index is -3.28. The lowest BCUT2D eigenvalue weighted by atomic mass is 10.1. The summed E-state index contributed by atoms with van der Waals surface area (Å²) in [5.41, 5.74) is 1.69. The monoisotopic (exact) mass is 378 g/mol. The average Bonchev–Trinajstić information content (AvgIpc) is 3.13. The van der Waals surface area contributed by atoms with Crippen LogP contribution in [0.25, 0.3) is 0 Å². The predicted molar refractivity (Wildman–Crippen MR) is 103 cm³/mol. The molecule has 0 aliphatic carbocycles. The van der Waals surface area contributed by atoms with E-state index in [1.165, 1.54) is 7.05 Å². The van der Waals surface area contributed by atoms with Crippen LogP contribution in [0.15, 0.2) is 52.1 Å². The number of nitrogens with one attached hydrogen (secondary N) is 3. The minimum absolute atomic E-state index is 0.0392. The van der Waals surface area contributed by atoms with Crippen molar-refractivity contribution < 1.29 is 12.8 Å². The minimum Gasteiger partial charge on any atom is -0.469 e. The van der Waals surface area contributed by atoms with E-state index in [4.69, 9.17) is 4.42 Å². The summed E-state index contributed by atoms with van der Waals surface area (Å²) in [6.45, 7) is 3.93. The molecule has 0 aliphatic heterocycles. The van der Waals surface area contributed by atoms with Crippen molar-refractivity contribution in [2.45, 2.75) is 25.6 Å². The zero-order valence-corrected chi connectivity index (χ0v) is 16.0. The zero-order valence-electron chi connectivity index (χ0n) is 15.2. The van der Waals surface area contributed by atoms with Crippen molar-refractivity contribution in [3.63, 3.8) is 0 Å². The number of furan rings is 1. The summed E-state index contributed by atoms with van der Waals surface area (Å²) in [7, 11) is -1.86. The van der Waals surface area contributed by atoms with Gasteiger partial charge < -0.3 is 15.1 Å². The van der Waals surface area contributed by atoms with Crippen molar-refractivity contribution in [1.29, 1.82) is 0 Å². The number of sulfonamides is 1. The van der Waals surface area contributed by atoms with Crippen LogP contribution in [0.1, 0.15) is 23.8 Å². The van der Waals surface area contributed by atoms with Crippen LogP contribution in [0.2, 0.25) is 0 Å². The van der Waals surface area contributed by atoms with Gasteiger partial charge in [0.15, 0.2) is 5.96 Å². The number of rotatable bonds is 9. The standard InChI is InChI=1S/C18H26N4O3S/c1-3-20-18(21-10-9-17-8-5-11-25-17)22-13-15-6-4-7-16(12-15)14-26(23,24)19-2/h4-8,11-12,19H,3,9-10,13-14H2,1-2H3,(H2,20,21,22). The molecule has 142 valence electrons. The second kappa shape index (κ2) is 9.98. The first-order chi connectivity index (χ1) is 12.5. The maximum atomic E-state index is 11.7. The number of benzene rings is 1. The van der Waals surface area contributed by atoms with Crippen LogP contribution in [0.3, 0.4) is 0 Å². The van der Waals surface area contributed by atoms with Gasteiger partial charge in [-0.2, -0.15) is 0 Å². The molecule has 1 heterocycles. The second-order valence-electron chi connectivity index (χ2n) is 5.73. The Kier molecular flexibility index (Phi) is 7.68. The second-order valence-corrected chi connectivity index (χ2v) is 7.66. The van der Waals surface area contributed by atoms with Crippen LogP contribution in [-0.2, 0) is 28.7 Å². The van der Waals surface area contributed by atoms with Gasteiger partial charge in [0.2, 0.25) is 10.0 Å². The number of guanidine groups is 1. The molecule has 1 aromatic heterocycles. The first kappa shape index (κ1) is 20.0. The Labute approximate surface area is 155 Å². The third-order valence-corrected chi connectivity index (χ3v) is 5.00. The highest BCUT2D eigenvalue weighted by Crippen LogP contribution is 2.09. The Balaban J connectivity index is 1.95. The van der Waals surface area contributed by atoms with E-state index in [2.05, 4.69) is 20.3 Å². The third kappa shape index (κ3) is 6.89. The maximum Gasteiger partial charge on any atom is 0.215 e. The molecular weight excluding hydrogens is 352 g/mol. The van der Waals surface area contributed by atoms with E-state index in [-0.39, 0.29) is 5.75 Å². The lowest BCUT2D eigenvalue weighted by Crippen LogP contribution is -2.38. The van der Waals surface area contributed by atoms with Gasteiger partial charge in [-0.3, -0.25) is 0 Å². The molecule has 1 aromatic carbocycles. The summed E-state index contributed by atoms with van der Waals surface area (Å²) >= 11 is 0. The first-order valence-electron chi connectivity index (χ1n) is 8.56. The summed E-state index contributed by atoms with van der Waals surface area (Å²) in [6, 6.07) is 11.3. The molecule has 0 bridgehead atoms. The fourth-order valence-electron chi connectivity index (χ4n) is 2.38. The molecule has 0 radical (unpaired) electrons. The van der Waals surface area contributed by atoms with E-state index in [9.17, 15) is 8.42 Å². The molecule has 0 saturated heterocycles. The molecule has 7 nitrogen and oxygen atoms in total. The average molecular weight is 378 g/mol. The number of nitrogens with zero attached hydrogens (tertiary/aromatic N) is 1. The van der Waals surface area contributed by atoms with E-state index in [1.54, 1.807) is 12.3 Å². The fourth-order valence-corrected chi connectivity index (χ4v) is 3.14. The number of hydrogen-bond donors (Lipinski definition) is 3. The molecule has 0 saturated carbocycles. The van der Waals surface area contributed by atoms with Crippen LogP contribution in [0.5, 0.6) is 0 Å². The highest BCUT2D eigenvalue weighted by atomic mass is 32.2. The molecule has 2 rings (SSSR count). The van der Waals surface area contributed by atoms with Gasteiger partial charge in [0.1, 0.15) is 5.76 Å². The SMILES string of the molecule is CCNC(=NCc1cccc(CS(=O)(=O)NC)c1)NCCc1ccco1. The van der Waals surface area contributed by atoms with Crippen LogP contribution in [0, 0.1) is 0 Å². The topological polar surface area (TPSA) is 95.7 Å².